The van der Waals surface area contributed by atoms with E-state index in [1.165, 1.54) is 12.8 Å². The SMILES string of the molecule is Cc1ccc(C(=O)N2CCCC3(CCN(C)C3)C2)c(O)c1. The van der Waals surface area contributed by atoms with Crippen LogP contribution in [-0.2, 0) is 0 Å². The first-order valence-electron chi connectivity index (χ1n) is 7.77. The molecule has 0 saturated carbocycles. The number of nitrogens with zero attached hydrogens (tertiary/aromatic N) is 2. The van der Waals surface area contributed by atoms with E-state index in [2.05, 4.69) is 11.9 Å². The molecule has 0 radical (unpaired) electrons. The Kier molecular flexibility index (Phi) is 3.66. The highest BCUT2D eigenvalue weighted by atomic mass is 16.3. The van der Waals surface area contributed by atoms with Crippen LogP contribution in [0.3, 0.4) is 0 Å². The number of phenolic OH excluding ortho intramolecular Hbond substituents is 1. The van der Waals surface area contributed by atoms with Gasteiger partial charge in [0.25, 0.3) is 5.91 Å². The minimum absolute atomic E-state index is 0.0267. The van der Waals surface area contributed by atoms with Gasteiger partial charge in [-0.05, 0) is 57.5 Å². The fourth-order valence-electron chi connectivity index (χ4n) is 3.87. The molecule has 2 aliphatic rings. The van der Waals surface area contributed by atoms with Crippen LogP contribution < -0.4 is 0 Å². The van der Waals surface area contributed by atoms with Gasteiger partial charge in [0, 0.05) is 25.0 Å². The van der Waals surface area contributed by atoms with Crippen LogP contribution in [0.1, 0.15) is 35.2 Å². The number of amides is 1. The Morgan fingerprint density at radius 2 is 2.05 bits per heavy atom. The molecule has 21 heavy (non-hydrogen) atoms. The maximum absolute atomic E-state index is 12.7. The van der Waals surface area contributed by atoms with Crippen LogP contribution in [0.25, 0.3) is 0 Å². The maximum atomic E-state index is 12.7. The summed E-state index contributed by atoms with van der Waals surface area (Å²) in [7, 11) is 2.15. The van der Waals surface area contributed by atoms with Crippen molar-refractivity contribution >= 4 is 5.91 Å². The lowest BCUT2D eigenvalue weighted by molar-refractivity contribution is 0.0532. The van der Waals surface area contributed by atoms with Crippen molar-refractivity contribution in [3.63, 3.8) is 0 Å². The van der Waals surface area contributed by atoms with Gasteiger partial charge in [-0.1, -0.05) is 6.07 Å². The number of aryl methyl sites for hydroxylation is 1. The fourth-order valence-corrected chi connectivity index (χ4v) is 3.87. The van der Waals surface area contributed by atoms with E-state index in [4.69, 9.17) is 0 Å². The fraction of sp³-hybridized carbons (Fsp3) is 0.588. The first kappa shape index (κ1) is 14.4. The van der Waals surface area contributed by atoms with Gasteiger partial charge < -0.3 is 14.9 Å². The van der Waals surface area contributed by atoms with Crippen LogP contribution in [0.2, 0.25) is 0 Å². The molecule has 1 aromatic carbocycles. The summed E-state index contributed by atoms with van der Waals surface area (Å²) < 4.78 is 0. The highest BCUT2D eigenvalue weighted by Crippen LogP contribution is 2.39. The zero-order chi connectivity index (χ0) is 15.0. The van der Waals surface area contributed by atoms with Crippen LogP contribution >= 0.6 is 0 Å². The van der Waals surface area contributed by atoms with Crippen molar-refractivity contribution in [2.45, 2.75) is 26.2 Å². The monoisotopic (exact) mass is 288 g/mol. The topological polar surface area (TPSA) is 43.8 Å². The van der Waals surface area contributed by atoms with Crippen LogP contribution in [-0.4, -0.2) is 54.0 Å². The molecule has 2 saturated heterocycles. The van der Waals surface area contributed by atoms with E-state index in [0.29, 0.717) is 5.56 Å². The molecule has 2 heterocycles. The summed E-state index contributed by atoms with van der Waals surface area (Å²) in [6, 6.07) is 5.29. The normalized spacial score (nSPS) is 26.5. The van der Waals surface area contributed by atoms with Gasteiger partial charge in [0.15, 0.2) is 0 Å². The lowest BCUT2D eigenvalue weighted by Crippen LogP contribution is -2.47. The molecule has 1 amide bonds. The van der Waals surface area contributed by atoms with Gasteiger partial charge in [0.05, 0.1) is 5.56 Å². The minimum atomic E-state index is -0.0267. The Morgan fingerprint density at radius 1 is 1.24 bits per heavy atom. The van der Waals surface area contributed by atoms with Gasteiger partial charge in [-0.3, -0.25) is 4.79 Å². The molecule has 0 aromatic heterocycles. The number of carbonyl (C=O) groups excluding carboxylic acids is 1. The smallest absolute Gasteiger partial charge is 0.257 e. The Hall–Kier alpha value is -1.55. The zero-order valence-electron chi connectivity index (χ0n) is 12.9. The molecule has 4 heteroatoms. The van der Waals surface area contributed by atoms with E-state index in [1.54, 1.807) is 12.1 Å². The van der Waals surface area contributed by atoms with Crippen molar-refractivity contribution in [3.05, 3.63) is 29.3 Å². The lowest BCUT2D eigenvalue weighted by Gasteiger charge is -2.40. The molecule has 1 atom stereocenters. The van der Waals surface area contributed by atoms with Gasteiger partial charge in [-0.25, -0.2) is 0 Å². The van der Waals surface area contributed by atoms with E-state index in [0.717, 1.165) is 38.2 Å². The number of benzene rings is 1. The number of carbonyl (C=O) groups is 1. The largest absolute Gasteiger partial charge is 0.507 e. The number of phenols is 1. The number of hydrogen-bond donors (Lipinski definition) is 1. The Bertz CT molecular complexity index is 554. The zero-order valence-corrected chi connectivity index (χ0v) is 12.9. The summed E-state index contributed by atoms with van der Waals surface area (Å²) in [5, 5.41) is 10.0. The number of hydrogen-bond acceptors (Lipinski definition) is 3. The molecular weight excluding hydrogens is 264 g/mol. The van der Waals surface area contributed by atoms with Gasteiger partial charge in [0.1, 0.15) is 5.75 Å². The molecular formula is C17H24N2O2. The van der Waals surface area contributed by atoms with E-state index in [1.807, 2.05) is 17.9 Å². The summed E-state index contributed by atoms with van der Waals surface area (Å²) in [5.41, 5.74) is 1.67. The van der Waals surface area contributed by atoms with E-state index >= 15 is 0 Å². The molecule has 2 aliphatic heterocycles. The third kappa shape index (κ3) is 2.77. The molecule has 0 bridgehead atoms. The summed E-state index contributed by atoms with van der Waals surface area (Å²) in [4.78, 5) is 17.0. The first-order chi connectivity index (χ1) is 9.99. The number of rotatable bonds is 1. The Labute approximate surface area is 126 Å². The number of likely N-dealkylation sites (tertiary alicyclic amines) is 2. The molecule has 1 aromatic rings. The van der Waals surface area contributed by atoms with E-state index in [9.17, 15) is 9.90 Å². The van der Waals surface area contributed by atoms with Crippen LogP contribution in [0, 0.1) is 12.3 Å². The van der Waals surface area contributed by atoms with Gasteiger partial charge in [0.2, 0.25) is 0 Å². The highest BCUT2D eigenvalue weighted by Gasteiger charge is 2.41. The highest BCUT2D eigenvalue weighted by molar-refractivity contribution is 5.97. The van der Waals surface area contributed by atoms with Gasteiger partial charge >= 0.3 is 0 Å². The quantitative estimate of drug-likeness (QED) is 0.862. The molecule has 2 fully saturated rings. The predicted molar refractivity (Wildman–Crippen MR) is 82.5 cm³/mol. The van der Waals surface area contributed by atoms with Crippen molar-refractivity contribution in [1.29, 1.82) is 0 Å². The second-order valence-electron chi connectivity index (χ2n) is 6.84. The number of aromatic hydroxyl groups is 1. The summed E-state index contributed by atoms with van der Waals surface area (Å²) in [5.74, 6) is 0.0734. The Morgan fingerprint density at radius 3 is 2.71 bits per heavy atom. The van der Waals surface area contributed by atoms with Crippen molar-refractivity contribution in [3.8, 4) is 5.75 Å². The van der Waals surface area contributed by atoms with Crippen molar-refractivity contribution < 1.29 is 9.90 Å². The summed E-state index contributed by atoms with van der Waals surface area (Å²) in [6.45, 7) is 5.74. The summed E-state index contributed by atoms with van der Waals surface area (Å²) in [6.07, 6.45) is 3.44. The van der Waals surface area contributed by atoms with Crippen LogP contribution in [0.5, 0.6) is 5.75 Å². The standard InChI is InChI=1S/C17H24N2O2/c1-13-4-5-14(15(20)10-13)16(21)19-8-3-6-17(12-19)7-9-18(2)11-17/h4-5,10,20H,3,6-9,11-12H2,1-2H3. The molecule has 1 spiro atoms. The van der Waals surface area contributed by atoms with Crippen molar-refractivity contribution in [1.82, 2.24) is 9.80 Å². The second-order valence-corrected chi connectivity index (χ2v) is 6.84. The predicted octanol–water partition coefficient (Wildman–Crippen LogP) is 2.26. The first-order valence-corrected chi connectivity index (χ1v) is 7.77. The van der Waals surface area contributed by atoms with Crippen molar-refractivity contribution in [2.24, 2.45) is 5.41 Å². The Balaban J connectivity index is 1.78. The van der Waals surface area contributed by atoms with Crippen molar-refractivity contribution in [2.75, 3.05) is 33.2 Å². The average Bonchev–Trinajstić information content (AvgIpc) is 2.79. The van der Waals surface area contributed by atoms with Gasteiger partial charge in [-0.15, -0.1) is 0 Å². The minimum Gasteiger partial charge on any atom is -0.507 e. The number of piperidine rings is 1. The lowest BCUT2D eigenvalue weighted by atomic mass is 9.79. The van der Waals surface area contributed by atoms with E-state index in [-0.39, 0.29) is 17.1 Å². The maximum Gasteiger partial charge on any atom is 0.257 e. The molecule has 4 nitrogen and oxygen atoms in total. The van der Waals surface area contributed by atoms with Gasteiger partial charge in [-0.2, -0.15) is 0 Å². The van der Waals surface area contributed by atoms with Crippen LogP contribution in [0.4, 0.5) is 0 Å². The van der Waals surface area contributed by atoms with Crippen LogP contribution in [0.15, 0.2) is 18.2 Å². The average molecular weight is 288 g/mol. The molecule has 1 unspecified atom stereocenters. The van der Waals surface area contributed by atoms with E-state index < -0.39 is 0 Å². The second kappa shape index (κ2) is 5.34. The molecule has 1 N–H and O–H groups in total. The third-order valence-electron chi connectivity index (χ3n) is 4.96. The molecule has 3 rings (SSSR count). The summed E-state index contributed by atoms with van der Waals surface area (Å²) >= 11 is 0. The molecule has 114 valence electrons. The third-order valence-corrected chi connectivity index (χ3v) is 4.96. The molecule has 0 aliphatic carbocycles.